The lowest BCUT2D eigenvalue weighted by Gasteiger charge is -2.22. The quantitative estimate of drug-likeness (QED) is 0.181. The van der Waals surface area contributed by atoms with Crippen molar-refractivity contribution in [3.8, 4) is 33.9 Å². The molecular weight excluding hydrogens is 687 g/mol. The summed E-state index contributed by atoms with van der Waals surface area (Å²) in [5.74, 6) is 2.21. The minimum Gasteiger partial charge on any atom is -0.456 e. The molecule has 10 aromatic rings. The predicted molar refractivity (Wildman–Crippen MR) is 228 cm³/mol. The van der Waals surface area contributed by atoms with Crippen LogP contribution in [0.1, 0.15) is 12.2 Å². The van der Waals surface area contributed by atoms with E-state index in [0.29, 0.717) is 17.5 Å². The van der Waals surface area contributed by atoms with Gasteiger partial charge >= 0.3 is 0 Å². The van der Waals surface area contributed by atoms with Crippen molar-refractivity contribution in [2.75, 3.05) is 0 Å². The Morgan fingerprint density at radius 1 is 0.482 bits per heavy atom. The summed E-state index contributed by atoms with van der Waals surface area (Å²) in [6.07, 6.45) is 13.9. The van der Waals surface area contributed by atoms with Crippen molar-refractivity contribution in [2.45, 2.75) is 6.42 Å². The summed E-state index contributed by atoms with van der Waals surface area (Å²) in [6, 6.07) is 46.4. The second kappa shape index (κ2) is 12.1. The van der Waals surface area contributed by atoms with Gasteiger partial charge < -0.3 is 8.83 Å². The van der Waals surface area contributed by atoms with Crippen LogP contribution in [0, 0.1) is 5.92 Å². The monoisotopic (exact) mass is 717 g/mol. The number of rotatable bonds is 4. The van der Waals surface area contributed by atoms with Crippen LogP contribution in [-0.4, -0.2) is 15.0 Å². The van der Waals surface area contributed by atoms with Crippen LogP contribution in [0.5, 0.6) is 0 Å². The van der Waals surface area contributed by atoms with Crippen molar-refractivity contribution >= 4 is 71.0 Å². The van der Waals surface area contributed by atoms with E-state index in [1.165, 1.54) is 11.0 Å². The van der Waals surface area contributed by atoms with Crippen LogP contribution in [-0.2, 0) is 0 Å². The number of fused-ring (bicyclic) bond motifs is 10. The average Bonchev–Trinajstić information content (AvgIpc) is 3.85. The van der Waals surface area contributed by atoms with Gasteiger partial charge in [0.2, 0.25) is 0 Å². The molecule has 7 aromatic carbocycles. The highest BCUT2D eigenvalue weighted by atomic mass is 16.3. The maximum atomic E-state index is 6.85. The van der Waals surface area contributed by atoms with E-state index in [2.05, 4.69) is 146 Å². The van der Waals surface area contributed by atoms with Gasteiger partial charge in [-0.3, -0.25) is 0 Å². The highest BCUT2D eigenvalue weighted by molar-refractivity contribution is 6.24. The van der Waals surface area contributed by atoms with Gasteiger partial charge in [-0.2, -0.15) is 0 Å². The molecule has 56 heavy (non-hydrogen) atoms. The number of allylic oxidation sites excluding steroid dienone is 8. The predicted octanol–water partition coefficient (Wildman–Crippen LogP) is 13.4. The molecule has 5 heteroatoms. The Bertz CT molecular complexity index is 3410. The van der Waals surface area contributed by atoms with Crippen LogP contribution in [0.15, 0.2) is 184 Å². The Balaban J connectivity index is 1.12. The fourth-order valence-corrected chi connectivity index (χ4v) is 8.77. The van der Waals surface area contributed by atoms with E-state index in [9.17, 15) is 0 Å². The third-order valence-electron chi connectivity index (χ3n) is 11.5. The molecule has 0 N–H and O–H groups in total. The second-order valence-electron chi connectivity index (χ2n) is 14.7. The molecule has 12 rings (SSSR count). The minimum atomic E-state index is 0.284. The molecule has 1 unspecified atom stereocenters. The van der Waals surface area contributed by atoms with Crippen molar-refractivity contribution in [2.24, 2.45) is 5.92 Å². The first kappa shape index (κ1) is 31.0. The third kappa shape index (κ3) is 4.77. The van der Waals surface area contributed by atoms with Gasteiger partial charge in [-0.1, -0.05) is 134 Å². The van der Waals surface area contributed by atoms with E-state index >= 15 is 0 Å². The van der Waals surface area contributed by atoms with Crippen LogP contribution >= 0.6 is 0 Å². The lowest BCUT2D eigenvalue weighted by Crippen LogP contribution is -2.10. The number of hydrogen-bond acceptors (Lipinski definition) is 5. The van der Waals surface area contributed by atoms with Crippen LogP contribution < -0.4 is 0 Å². The molecule has 0 radical (unpaired) electrons. The van der Waals surface area contributed by atoms with Crippen molar-refractivity contribution in [3.63, 3.8) is 0 Å². The number of nitrogens with zero attached hydrogens (tertiary/aromatic N) is 3. The van der Waals surface area contributed by atoms with Crippen molar-refractivity contribution < 1.29 is 8.83 Å². The highest BCUT2D eigenvalue weighted by Crippen LogP contribution is 2.46. The topological polar surface area (TPSA) is 65.0 Å². The van der Waals surface area contributed by atoms with Gasteiger partial charge in [-0.05, 0) is 81.1 Å². The zero-order valence-corrected chi connectivity index (χ0v) is 30.1. The normalized spacial score (nSPS) is 15.3. The third-order valence-corrected chi connectivity index (χ3v) is 11.5. The molecule has 2 aliphatic rings. The molecule has 262 valence electrons. The van der Waals surface area contributed by atoms with Crippen molar-refractivity contribution in [3.05, 3.63) is 181 Å². The lowest BCUT2D eigenvalue weighted by molar-refractivity contribution is 0.668. The Kier molecular flexibility index (Phi) is 6.69. The molecule has 0 aliphatic heterocycles. The SMILES string of the molecule is C1=CC2=CC=C(c3nc(-c4ccc5ccccc5c4)nc(-c4ccc(-c5cc6oc7ccccc7c6c6ccccc56)c5oc6ccccc6c45)n3)CC2C=C1. The van der Waals surface area contributed by atoms with E-state index in [4.69, 9.17) is 23.8 Å². The van der Waals surface area contributed by atoms with E-state index < -0.39 is 0 Å². The van der Waals surface area contributed by atoms with Crippen LogP contribution in [0.3, 0.4) is 0 Å². The Hall–Kier alpha value is -7.37. The first-order valence-electron chi connectivity index (χ1n) is 19.0. The zero-order chi connectivity index (χ0) is 36.7. The molecule has 0 fully saturated rings. The second-order valence-corrected chi connectivity index (χ2v) is 14.7. The van der Waals surface area contributed by atoms with Crippen molar-refractivity contribution in [1.29, 1.82) is 0 Å². The van der Waals surface area contributed by atoms with Gasteiger partial charge in [-0.15, -0.1) is 0 Å². The maximum absolute atomic E-state index is 6.85. The van der Waals surface area contributed by atoms with Gasteiger partial charge in [0.25, 0.3) is 0 Å². The summed E-state index contributed by atoms with van der Waals surface area (Å²) in [6.45, 7) is 0. The smallest absolute Gasteiger partial charge is 0.164 e. The Morgan fingerprint density at radius 2 is 1.18 bits per heavy atom. The fourth-order valence-electron chi connectivity index (χ4n) is 8.77. The Labute approximate surface area is 321 Å². The fraction of sp³-hybridized carbons (Fsp3) is 0.0392. The molecule has 5 nitrogen and oxygen atoms in total. The molecule has 3 aromatic heterocycles. The number of para-hydroxylation sites is 2. The maximum Gasteiger partial charge on any atom is 0.164 e. The van der Waals surface area contributed by atoms with Crippen molar-refractivity contribution in [1.82, 2.24) is 15.0 Å². The molecular formula is C51H31N3O2. The minimum absolute atomic E-state index is 0.284. The number of aromatic nitrogens is 3. The molecule has 3 heterocycles. The zero-order valence-electron chi connectivity index (χ0n) is 30.1. The van der Waals surface area contributed by atoms with E-state index in [0.717, 1.165) is 94.3 Å². The highest BCUT2D eigenvalue weighted by Gasteiger charge is 2.25. The lowest BCUT2D eigenvalue weighted by atomic mass is 9.84. The first-order valence-corrected chi connectivity index (χ1v) is 19.0. The summed E-state index contributed by atoms with van der Waals surface area (Å²) in [5.41, 5.74) is 9.54. The summed E-state index contributed by atoms with van der Waals surface area (Å²) in [7, 11) is 0. The largest absolute Gasteiger partial charge is 0.456 e. The van der Waals surface area contributed by atoms with Gasteiger partial charge in [0.15, 0.2) is 17.5 Å². The summed E-state index contributed by atoms with van der Waals surface area (Å²) in [5, 5.41) is 8.78. The van der Waals surface area contributed by atoms with Gasteiger partial charge in [0.05, 0.1) is 0 Å². The van der Waals surface area contributed by atoms with Crippen LogP contribution in [0.2, 0.25) is 0 Å². The van der Waals surface area contributed by atoms with E-state index in [-0.39, 0.29) is 5.92 Å². The molecule has 0 spiro atoms. The first-order chi connectivity index (χ1) is 27.7. The standard InChI is InChI=1S/C51H31N3O2/c1-3-13-32-27-34(23-21-30(32)11-1)49-52-50(35-24-22-31-12-2-4-14-33(31)28-35)54-51(53-49)41-26-25-38(48-47(41)40-18-8-10-20-44(40)56-48)42-29-45-46(37-16-6-5-15-36(37)42)39-17-7-9-19-43(39)55-45/h1-27,29,33H,28H2. The Morgan fingerprint density at radius 3 is 2.05 bits per heavy atom. The molecule has 0 bridgehead atoms. The molecule has 0 amide bonds. The number of furan rings is 2. The van der Waals surface area contributed by atoms with E-state index in [1.54, 1.807) is 0 Å². The van der Waals surface area contributed by atoms with Gasteiger partial charge in [0.1, 0.15) is 22.3 Å². The van der Waals surface area contributed by atoms with Gasteiger partial charge in [0, 0.05) is 44.2 Å². The average molecular weight is 718 g/mol. The number of benzene rings is 7. The summed E-state index contributed by atoms with van der Waals surface area (Å²) in [4.78, 5) is 15.7. The molecule has 0 saturated carbocycles. The summed E-state index contributed by atoms with van der Waals surface area (Å²) < 4.78 is 13.4. The van der Waals surface area contributed by atoms with E-state index in [1.807, 2.05) is 24.3 Å². The molecule has 2 aliphatic carbocycles. The van der Waals surface area contributed by atoms with Crippen LogP contribution in [0.25, 0.3) is 105 Å². The van der Waals surface area contributed by atoms with Crippen LogP contribution in [0.4, 0.5) is 0 Å². The molecule has 1 atom stereocenters. The molecule has 0 saturated heterocycles. The number of hydrogen-bond donors (Lipinski definition) is 0. The van der Waals surface area contributed by atoms with Gasteiger partial charge in [-0.25, -0.2) is 15.0 Å². The summed E-state index contributed by atoms with van der Waals surface area (Å²) >= 11 is 0.